The lowest BCUT2D eigenvalue weighted by molar-refractivity contribution is -0.130. The third-order valence-electron chi connectivity index (χ3n) is 5.55. The summed E-state index contributed by atoms with van der Waals surface area (Å²) < 4.78 is 0. The standard InChI is InChI=1S/C20H25N3O2/c1-11(2)23-10-13(7-19(23)24)20(25)21-14-8-16-15-6-12(3)4-5-17(15)22-18(16)9-14/h4-6,11,13-14,22H,7-10H2,1-3H3,(H,21,25). The quantitative estimate of drug-likeness (QED) is 0.901. The van der Waals surface area contributed by atoms with Crippen molar-refractivity contribution >= 4 is 22.7 Å². The molecule has 5 heteroatoms. The molecule has 1 aliphatic carbocycles. The molecule has 5 nitrogen and oxygen atoms in total. The molecule has 2 unspecified atom stereocenters. The molecule has 1 aromatic carbocycles. The van der Waals surface area contributed by atoms with E-state index in [1.54, 1.807) is 4.90 Å². The van der Waals surface area contributed by atoms with Crippen molar-refractivity contribution in [2.45, 2.75) is 52.1 Å². The second kappa shape index (κ2) is 5.90. The SMILES string of the molecule is Cc1ccc2[nH]c3c(c2c1)CC(NC(=O)C1CC(=O)N(C(C)C)C1)C3. The first-order chi connectivity index (χ1) is 11.9. The van der Waals surface area contributed by atoms with Gasteiger partial charge in [0.05, 0.1) is 5.92 Å². The average molecular weight is 339 g/mol. The van der Waals surface area contributed by atoms with Crippen LogP contribution in [0.1, 0.15) is 37.1 Å². The number of nitrogens with zero attached hydrogens (tertiary/aromatic N) is 1. The maximum atomic E-state index is 12.6. The lowest BCUT2D eigenvalue weighted by Crippen LogP contribution is -2.41. The number of benzene rings is 1. The number of hydrogen-bond donors (Lipinski definition) is 2. The van der Waals surface area contributed by atoms with Gasteiger partial charge in [0.2, 0.25) is 11.8 Å². The van der Waals surface area contributed by atoms with Gasteiger partial charge in [0.15, 0.2) is 0 Å². The number of rotatable bonds is 3. The third-order valence-corrected chi connectivity index (χ3v) is 5.55. The van der Waals surface area contributed by atoms with E-state index in [0.717, 1.165) is 12.8 Å². The number of H-pyrrole nitrogens is 1. The van der Waals surface area contributed by atoms with Gasteiger partial charge in [0.1, 0.15) is 0 Å². The fourth-order valence-corrected chi connectivity index (χ4v) is 4.22. The first-order valence-corrected chi connectivity index (χ1v) is 9.12. The number of carbonyl (C=O) groups is 2. The number of amides is 2. The number of aryl methyl sites for hydroxylation is 1. The highest BCUT2D eigenvalue weighted by Gasteiger charge is 2.37. The van der Waals surface area contributed by atoms with Gasteiger partial charge in [0, 0.05) is 48.1 Å². The van der Waals surface area contributed by atoms with E-state index >= 15 is 0 Å². The molecule has 0 bridgehead atoms. The van der Waals surface area contributed by atoms with Crippen molar-refractivity contribution in [2.24, 2.45) is 5.92 Å². The Balaban J connectivity index is 1.43. The Morgan fingerprint density at radius 3 is 2.80 bits per heavy atom. The predicted octanol–water partition coefficient (Wildman–Crippen LogP) is 2.32. The maximum Gasteiger partial charge on any atom is 0.225 e. The van der Waals surface area contributed by atoms with E-state index in [9.17, 15) is 9.59 Å². The minimum atomic E-state index is -0.215. The number of likely N-dealkylation sites (tertiary alicyclic amines) is 1. The van der Waals surface area contributed by atoms with Gasteiger partial charge in [0.25, 0.3) is 0 Å². The van der Waals surface area contributed by atoms with Crippen molar-refractivity contribution in [3.63, 3.8) is 0 Å². The largest absolute Gasteiger partial charge is 0.358 e. The molecule has 25 heavy (non-hydrogen) atoms. The Morgan fingerprint density at radius 2 is 2.08 bits per heavy atom. The summed E-state index contributed by atoms with van der Waals surface area (Å²) in [5.41, 5.74) is 4.99. The van der Waals surface area contributed by atoms with Gasteiger partial charge in [-0.1, -0.05) is 11.6 Å². The van der Waals surface area contributed by atoms with E-state index in [0.29, 0.717) is 13.0 Å². The van der Waals surface area contributed by atoms with Crippen molar-refractivity contribution < 1.29 is 9.59 Å². The highest BCUT2D eigenvalue weighted by Crippen LogP contribution is 2.31. The number of nitrogens with one attached hydrogen (secondary N) is 2. The van der Waals surface area contributed by atoms with Crippen LogP contribution in [0.25, 0.3) is 10.9 Å². The van der Waals surface area contributed by atoms with Crippen molar-refractivity contribution in [2.75, 3.05) is 6.54 Å². The van der Waals surface area contributed by atoms with Gasteiger partial charge < -0.3 is 15.2 Å². The van der Waals surface area contributed by atoms with E-state index in [4.69, 9.17) is 0 Å². The van der Waals surface area contributed by atoms with Gasteiger partial charge in [-0.2, -0.15) is 0 Å². The van der Waals surface area contributed by atoms with Gasteiger partial charge in [-0.25, -0.2) is 0 Å². The monoisotopic (exact) mass is 339 g/mol. The number of aromatic amines is 1. The molecule has 2 heterocycles. The van der Waals surface area contributed by atoms with Crippen LogP contribution in [0.4, 0.5) is 0 Å². The summed E-state index contributed by atoms with van der Waals surface area (Å²) in [5.74, 6) is -0.103. The summed E-state index contributed by atoms with van der Waals surface area (Å²) in [5, 5.41) is 4.45. The molecule has 1 saturated heterocycles. The van der Waals surface area contributed by atoms with Crippen molar-refractivity contribution in [3.05, 3.63) is 35.0 Å². The minimum Gasteiger partial charge on any atom is -0.358 e. The summed E-state index contributed by atoms with van der Waals surface area (Å²) in [7, 11) is 0. The molecule has 1 aliphatic heterocycles. The Morgan fingerprint density at radius 1 is 1.28 bits per heavy atom. The van der Waals surface area contributed by atoms with E-state index in [-0.39, 0.29) is 29.8 Å². The lowest BCUT2D eigenvalue weighted by Gasteiger charge is -2.21. The number of aromatic nitrogens is 1. The topological polar surface area (TPSA) is 65.2 Å². The number of carbonyl (C=O) groups excluding carboxylic acids is 2. The van der Waals surface area contributed by atoms with Crippen molar-refractivity contribution in [1.82, 2.24) is 15.2 Å². The molecular weight excluding hydrogens is 314 g/mol. The predicted molar refractivity (Wildman–Crippen MR) is 97.3 cm³/mol. The Bertz CT molecular complexity index is 852. The molecule has 2 aliphatic rings. The molecule has 2 amide bonds. The van der Waals surface area contributed by atoms with E-state index in [1.165, 1.54) is 27.7 Å². The molecule has 0 saturated carbocycles. The summed E-state index contributed by atoms with van der Waals surface area (Å²) >= 11 is 0. The summed E-state index contributed by atoms with van der Waals surface area (Å²) in [4.78, 5) is 29.9. The molecule has 132 valence electrons. The first kappa shape index (κ1) is 16.2. The number of hydrogen-bond acceptors (Lipinski definition) is 2. The van der Waals surface area contributed by atoms with E-state index < -0.39 is 0 Å². The fourth-order valence-electron chi connectivity index (χ4n) is 4.22. The lowest BCUT2D eigenvalue weighted by atomic mass is 10.1. The van der Waals surface area contributed by atoms with Crippen LogP contribution in [0.15, 0.2) is 18.2 Å². The highest BCUT2D eigenvalue weighted by atomic mass is 16.2. The maximum absolute atomic E-state index is 12.6. The first-order valence-electron chi connectivity index (χ1n) is 9.12. The second-order valence-electron chi connectivity index (χ2n) is 7.79. The van der Waals surface area contributed by atoms with Crippen LogP contribution >= 0.6 is 0 Å². The Labute approximate surface area is 147 Å². The van der Waals surface area contributed by atoms with Crippen molar-refractivity contribution in [3.8, 4) is 0 Å². The zero-order valence-corrected chi connectivity index (χ0v) is 15.1. The molecule has 0 spiro atoms. The zero-order chi connectivity index (χ0) is 17.7. The second-order valence-corrected chi connectivity index (χ2v) is 7.79. The Kier molecular flexibility index (Phi) is 3.82. The van der Waals surface area contributed by atoms with Crippen LogP contribution in [0.3, 0.4) is 0 Å². The summed E-state index contributed by atoms with van der Waals surface area (Å²) in [6.07, 6.45) is 2.03. The molecule has 0 radical (unpaired) electrons. The molecule has 2 atom stereocenters. The summed E-state index contributed by atoms with van der Waals surface area (Å²) in [6, 6.07) is 6.74. The molecule has 1 aromatic heterocycles. The summed E-state index contributed by atoms with van der Waals surface area (Å²) in [6.45, 7) is 6.64. The average Bonchev–Trinajstić information content (AvgIpc) is 3.20. The molecule has 2 N–H and O–H groups in total. The third kappa shape index (κ3) is 2.81. The van der Waals surface area contributed by atoms with Gasteiger partial charge in [-0.15, -0.1) is 0 Å². The zero-order valence-electron chi connectivity index (χ0n) is 15.1. The van der Waals surface area contributed by atoms with E-state index in [2.05, 4.69) is 35.4 Å². The van der Waals surface area contributed by atoms with E-state index in [1.807, 2.05) is 13.8 Å². The molecule has 4 rings (SSSR count). The molecular formula is C20H25N3O2. The molecule has 2 aromatic rings. The van der Waals surface area contributed by atoms with Crippen molar-refractivity contribution in [1.29, 1.82) is 0 Å². The fraction of sp³-hybridized carbons (Fsp3) is 0.500. The van der Waals surface area contributed by atoms with Crippen LogP contribution in [0.5, 0.6) is 0 Å². The highest BCUT2D eigenvalue weighted by molar-refractivity contribution is 5.90. The van der Waals surface area contributed by atoms with Crippen LogP contribution in [0, 0.1) is 12.8 Å². The van der Waals surface area contributed by atoms with Crippen LogP contribution in [-0.4, -0.2) is 40.3 Å². The van der Waals surface area contributed by atoms with Crippen LogP contribution in [-0.2, 0) is 22.4 Å². The van der Waals surface area contributed by atoms with Gasteiger partial charge >= 0.3 is 0 Å². The number of fused-ring (bicyclic) bond motifs is 3. The van der Waals surface area contributed by atoms with Crippen LogP contribution in [0.2, 0.25) is 0 Å². The Hall–Kier alpha value is -2.30. The van der Waals surface area contributed by atoms with Crippen LogP contribution < -0.4 is 5.32 Å². The normalized spacial score (nSPS) is 22.9. The minimum absolute atomic E-state index is 0.0205. The van der Waals surface area contributed by atoms with Gasteiger partial charge in [-0.05, 0) is 44.9 Å². The van der Waals surface area contributed by atoms with Gasteiger partial charge in [-0.3, -0.25) is 9.59 Å². The smallest absolute Gasteiger partial charge is 0.225 e. The molecule has 1 fully saturated rings.